The van der Waals surface area contributed by atoms with Gasteiger partial charge < -0.3 is 9.64 Å². The summed E-state index contributed by atoms with van der Waals surface area (Å²) in [5.74, 6) is -0.198. The molecule has 1 unspecified atom stereocenters. The zero-order chi connectivity index (χ0) is 13.7. The van der Waals surface area contributed by atoms with E-state index >= 15 is 0 Å². The minimum absolute atomic E-state index is 0.0405. The maximum absolute atomic E-state index is 13.4. The molecule has 1 aromatic carbocycles. The number of halogens is 1. The molecule has 1 aliphatic heterocycles. The van der Waals surface area contributed by atoms with E-state index in [1.165, 1.54) is 6.07 Å². The summed E-state index contributed by atoms with van der Waals surface area (Å²) in [6.45, 7) is 1.43. The molecule has 1 atom stereocenters. The van der Waals surface area contributed by atoms with E-state index in [1.807, 2.05) is 0 Å². The van der Waals surface area contributed by atoms with Crippen LogP contribution in [0.25, 0.3) is 0 Å². The standard InChI is InChI=1S/C15H20FNO2/c1-17(11-13-6-4-10-19-13)15(18)9-8-12-5-2-3-7-14(12)16/h2-3,5,7,13H,4,6,8-11H2,1H3. The third kappa shape index (κ3) is 4.03. The SMILES string of the molecule is CN(CC1CCCO1)C(=O)CCc1ccccc1F. The van der Waals surface area contributed by atoms with Crippen LogP contribution >= 0.6 is 0 Å². The van der Waals surface area contributed by atoms with E-state index in [-0.39, 0.29) is 17.8 Å². The molecule has 0 aliphatic carbocycles. The number of hydrogen-bond acceptors (Lipinski definition) is 2. The van der Waals surface area contributed by atoms with E-state index in [0.29, 0.717) is 24.9 Å². The Morgan fingerprint density at radius 3 is 2.95 bits per heavy atom. The second kappa shape index (κ2) is 6.66. The first-order valence-corrected chi connectivity index (χ1v) is 6.76. The molecule has 3 nitrogen and oxygen atoms in total. The third-order valence-corrected chi connectivity index (χ3v) is 3.49. The van der Waals surface area contributed by atoms with E-state index in [9.17, 15) is 9.18 Å². The molecule has 0 radical (unpaired) electrons. The van der Waals surface area contributed by atoms with Gasteiger partial charge in [0.2, 0.25) is 5.91 Å². The number of hydrogen-bond donors (Lipinski definition) is 0. The zero-order valence-corrected chi connectivity index (χ0v) is 11.3. The molecule has 19 heavy (non-hydrogen) atoms. The summed E-state index contributed by atoms with van der Waals surface area (Å²) in [5.41, 5.74) is 0.598. The van der Waals surface area contributed by atoms with Crippen molar-refractivity contribution in [3.63, 3.8) is 0 Å². The first-order valence-electron chi connectivity index (χ1n) is 6.76. The molecule has 0 N–H and O–H groups in total. The van der Waals surface area contributed by atoms with E-state index in [4.69, 9.17) is 4.74 Å². The quantitative estimate of drug-likeness (QED) is 0.818. The lowest BCUT2D eigenvalue weighted by atomic mass is 10.1. The second-order valence-electron chi connectivity index (χ2n) is 5.00. The summed E-state index contributed by atoms with van der Waals surface area (Å²) in [6, 6.07) is 6.60. The van der Waals surface area contributed by atoms with Gasteiger partial charge in [-0.2, -0.15) is 0 Å². The maximum atomic E-state index is 13.4. The van der Waals surface area contributed by atoms with Crippen molar-refractivity contribution in [1.29, 1.82) is 0 Å². The number of benzene rings is 1. The van der Waals surface area contributed by atoms with Crippen LogP contribution in [0.1, 0.15) is 24.8 Å². The molecule has 1 saturated heterocycles. The Bertz CT molecular complexity index is 430. The largest absolute Gasteiger partial charge is 0.376 e. The van der Waals surface area contributed by atoms with Crippen LogP contribution in [0.5, 0.6) is 0 Å². The van der Waals surface area contributed by atoms with Crippen LogP contribution in [-0.2, 0) is 16.0 Å². The van der Waals surface area contributed by atoms with Gasteiger partial charge >= 0.3 is 0 Å². The Labute approximate surface area is 113 Å². The highest BCUT2D eigenvalue weighted by Crippen LogP contribution is 2.14. The Hall–Kier alpha value is -1.42. The average Bonchev–Trinajstić information content (AvgIpc) is 2.90. The lowest BCUT2D eigenvalue weighted by molar-refractivity contribution is -0.131. The number of amides is 1. The maximum Gasteiger partial charge on any atom is 0.222 e. The first kappa shape index (κ1) is 14.0. The Morgan fingerprint density at radius 1 is 1.47 bits per heavy atom. The lowest BCUT2D eigenvalue weighted by Crippen LogP contribution is -2.34. The van der Waals surface area contributed by atoms with Crippen molar-refractivity contribution in [2.24, 2.45) is 0 Å². The van der Waals surface area contributed by atoms with Gasteiger partial charge in [0.05, 0.1) is 6.10 Å². The van der Waals surface area contributed by atoms with Gasteiger partial charge in [-0.1, -0.05) is 18.2 Å². The molecular formula is C15H20FNO2. The topological polar surface area (TPSA) is 29.5 Å². The van der Waals surface area contributed by atoms with E-state index in [0.717, 1.165) is 19.4 Å². The molecule has 1 aliphatic rings. The van der Waals surface area contributed by atoms with Gasteiger partial charge in [-0.15, -0.1) is 0 Å². The highest BCUT2D eigenvalue weighted by Gasteiger charge is 2.19. The van der Waals surface area contributed by atoms with Crippen LogP contribution in [-0.4, -0.2) is 37.1 Å². The van der Waals surface area contributed by atoms with Gasteiger partial charge in [-0.25, -0.2) is 4.39 Å². The average molecular weight is 265 g/mol. The van der Waals surface area contributed by atoms with Crippen molar-refractivity contribution in [3.05, 3.63) is 35.6 Å². The monoisotopic (exact) mass is 265 g/mol. The number of nitrogens with zero attached hydrogens (tertiary/aromatic N) is 1. The second-order valence-corrected chi connectivity index (χ2v) is 5.00. The summed E-state index contributed by atoms with van der Waals surface area (Å²) in [4.78, 5) is 13.7. The molecule has 0 bridgehead atoms. The van der Waals surface area contributed by atoms with Gasteiger partial charge in [0, 0.05) is 26.6 Å². The molecule has 104 valence electrons. The number of ether oxygens (including phenoxy) is 1. The summed E-state index contributed by atoms with van der Waals surface area (Å²) < 4.78 is 18.9. The minimum atomic E-state index is -0.239. The third-order valence-electron chi connectivity index (χ3n) is 3.49. The molecule has 1 amide bonds. The molecule has 0 spiro atoms. The summed E-state index contributed by atoms with van der Waals surface area (Å²) in [5, 5.41) is 0. The molecule has 2 rings (SSSR count). The number of rotatable bonds is 5. The first-order chi connectivity index (χ1) is 9.16. The predicted molar refractivity (Wildman–Crippen MR) is 71.3 cm³/mol. The fourth-order valence-corrected chi connectivity index (χ4v) is 2.33. The van der Waals surface area contributed by atoms with Crippen molar-refractivity contribution < 1.29 is 13.9 Å². The van der Waals surface area contributed by atoms with E-state index < -0.39 is 0 Å². The van der Waals surface area contributed by atoms with Crippen LogP contribution in [0.4, 0.5) is 4.39 Å². The fourth-order valence-electron chi connectivity index (χ4n) is 2.33. The van der Waals surface area contributed by atoms with Gasteiger partial charge in [0.1, 0.15) is 5.82 Å². The normalized spacial score (nSPS) is 18.5. The van der Waals surface area contributed by atoms with Crippen LogP contribution in [0.3, 0.4) is 0 Å². The molecule has 1 fully saturated rings. The number of aryl methyl sites for hydroxylation is 1. The van der Waals surface area contributed by atoms with Crippen LogP contribution in [0, 0.1) is 5.82 Å². The Morgan fingerprint density at radius 2 is 2.26 bits per heavy atom. The van der Waals surface area contributed by atoms with Gasteiger partial charge in [0.25, 0.3) is 0 Å². The van der Waals surface area contributed by atoms with Crippen LogP contribution in [0.15, 0.2) is 24.3 Å². The highest BCUT2D eigenvalue weighted by atomic mass is 19.1. The van der Waals surface area contributed by atoms with Gasteiger partial charge in [0.15, 0.2) is 0 Å². The minimum Gasteiger partial charge on any atom is -0.376 e. The molecule has 0 aromatic heterocycles. The van der Waals surface area contributed by atoms with Gasteiger partial charge in [-0.3, -0.25) is 4.79 Å². The van der Waals surface area contributed by atoms with Crippen molar-refractivity contribution in [3.8, 4) is 0 Å². The van der Waals surface area contributed by atoms with Crippen LogP contribution in [0.2, 0.25) is 0 Å². The van der Waals surface area contributed by atoms with Crippen LogP contribution < -0.4 is 0 Å². The van der Waals surface area contributed by atoms with E-state index in [1.54, 1.807) is 30.1 Å². The molecule has 0 saturated carbocycles. The molecule has 1 heterocycles. The summed E-state index contributed by atoms with van der Waals surface area (Å²) in [6.07, 6.45) is 3.04. The Balaban J connectivity index is 1.78. The van der Waals surface area contributed by atoms with Crippen molar-refractivity contribution >= 4 is 5.91 Å². The number of carbonyl (C=O) groups is 1. The summed E-state index contributed by atoms with van der Waals surface area (Å²) in [7, 11) is 1.78. The van der Waals surface area contributed by atoms with Crippen molar-refractivity contribution in [2.75, 3.05) is 20.2 Å². The Kier molecular flexibility index (Phi) is 4.91. The van der Waals surface area contributed by atoms with Crippen molar-refractivity contribution in [2.45, 2.75) is 31.8 Å². The zero-order valence-electron chi connectivity index (χ0n) is 11.3. The smallest absolute Gasteiger partial charge is 0.222 e. The molecular weight excluding hydrogens is 245 g/mol. The summed E-state index contributed by atoms with van der Waals surface area (Å²) >= 11 is 0. The van der Waals surface area contributed by atoms with Gasteiger partial charge in [-0.05, 0) is 30.9 Å². The lowest BCUT2D eigenvalue weighted by Gasteiger charge is -2.20. The molecule has 1 aromatic rings. The van der Waals surface area contributed by atoms with Crippen molar-refractivity contribution in [1.82, 2.24) is 4.90 Å². The highest BCUT2D eigenvalue weighted by molar-refractivity contribution is 5.76. The number of carbonyl (C=O) groups excluding carboxylic acids is 1. The predicted octanol–water partition coefficient (Wildman–Crippen LogP) is 2.40. The fraction of sp³-hybridized carbons (Fsp3) is 0.533. The van der Waals surface area contributed by atoms with E-state index in [2.05, 4.69) is 0 Å². The molecule has 4 heteroatoms. The number of likely N-dealkylation sites (N-methyl/N-ethyl adjacent to an activating group) is 1.